The Hall–Kier alpha value is -5.61. The Morgan fingerprint density at radius 1 is 0.491 bits per heavy atom. The second-order valence-electron chi connectivity index (χ2n) is 14.9. The number of hydrogen-bond donors (Lipinski definition) is 0. The zero-order valence-corrected chi connectivity index (χ0v) is 33.7. The first-order chi connectivity index (χ1) is 26.4. The molecule has 55 heavy (non-hydrogen) atoms. The summed E-state index contributed by atoms with van der Waals surface area (Å²) in [6.07, 6.45) is 6.27. The quantitative estimate of drug-likeness (QED) is 0.154. The van der Waals surface area contributed by atoms with E-state index in [4.69, 9.17) is 25.9 Å². The van der Waals surface area contributed by atoms with Crippen LogP contribution in [0.1, 0.15) is 82.5 Å². The number of hydrogen-bond acceptors (Lipinski definition) is 2. The van der Waals surface area contributed by atoms with Gasteiger partial charge < -0.3 is 8.96 Å². The molecular formula is C49H48B2N4. The smallest absolute Gasteiger partial charge is 0.234 e. The van der Waals surface area contributed by atoms with Crippen LogP contribution in [0.5, 0.6) is 0 Å². The summed E-state index contributed by atoms with van der Waals surface area (Å²) < 4.78 is 3.64. The molecule has 4 aromatic carbocycles. The van der Waals surface area contributed by atoms with E-state index in [2.05, 4.69) is 147 Å². The topological polar surface area (TPSA) is 34.6 Å². The number of aliphatic imine (C=N–C) groups is 2. The van der Waals surface area contributed by atoms with Crippen molar-refractivity contribution in [2.24, 2.45) is 9.98 Å². The molecule has 0 saturated heterocycles. The van der Waals surface area contributed by atoms with Gasteiger partial charge >= 0.3 is 0 Å². The van der Waals surface area contributed by atoms with Crippen LogP contribution in [0.2, 0.25) is 0 Å². The Bertz CT molecular complexity index is 2670. The van der Waals surface area contributed by atoms with Gasteiger partial charge in [0.25, 0.3) is 0 Å². The van der Waals surface area contributed by atoms with Gasteiger partial charge in [0.1, 0.15) is 0 Å². The van der Waals surface area contributed by atoms with Gasteiger partial charge in [0.2, 0.25) is 16.0 Å². The molecule has 0 amide bonds. The van der Waals surface area contributed by atoms with E-state index in [0.29, 0.717) is 0 Å². The molecule has 0 atom stereocenters. The fraction of sp³-hybridized carbons (Fsp3) is 0.224. The van der Waals surface area contributed by atoms with Gasteiger partial charge in [0.05, 0.1) is 11.4 Å². The van der Waals surface area contributed by atoms with Gasteiger partial charge in [-0.15, -0.1) is 0 Å². The van der Waals surface area contributed by atoms with Crippen molar-refractivity contribution in [2.75, 3.05) is 0 Å². The monoisotopic (exact) mass is 714 g/mol. The van der Waals surface area contributed by atoms with Crippen LogP contribution in [0.3, 0.4) is 0 Å². The van der Waals surface area contributed by atoms with Crippen LogP contribution in [0.4, 0.5) is 0 Å². The zero-order valence-electron chi connectivity index (χ0n) is 33.7. The van der Waals surface area contributed by atoms with Crippen LogP contribution in [0.15, 0.2) is 135 Å². The number of allylic oxidation sites excluding steroid dienone is 4. The fourth-order valence-corrected chi connectivity index (χ4v) is 8.20. The molecule has 6 heteroatoms. The molecule has 2 aliphatic rings. The summed E-state index contributed by atoms with van der Waals surface area (Å²) >= 11 is 0. The predicted octanol–water partition coefficient (Wildman–Crippen LogP) is 12.5. The lowest BCUT2D eigenvalue weighted by atomic mass is 10.0. The molecule has 4 heterocycles. The van der Waals surface area contributed by atoms with Crippen LogP contribution >= 0.6 is 0 Å². The summed E-state index contributed by atoms with van der Waals surface area (Å²) in [6, 6.07) is 31.9. The van der Waals surface area contributed by atoms with E-state index < -0.39 is 0 Å². The molecule has 6 aromatic rings. The Balaban J connectivity index is 0.000000169. The predicted molar refractivity (Wildman–Crippen MR) is 239 cm³/mol. The first kappa shape index (κ1) is 37.7. The van der Waals surface area contributed by atoms with E-state index in [0.717, 1.165) is 85.7 Å². The van der Waals surface area contributed by atoms with Gasteiger partial charge in [-0.3, -0.25) is 9.98 Å². The number of fused-ring (bicyclic) bond motifs is 2. The first-order valence-corrected chi connectivity index (χ1v) is 19.3. The molecule has 0 fully saturated rings. The van der Waals surface area contributed by atoms with Crippen LogP contribution in [-0.4, -0.2) is 36.3 Å². The number of rotatable bonds is 6. The first-order valence-electron chi connectivity index (χ1n) is 19.3. The van der Waals surface area contributed by atoms with Gasteiger partial charge in [-0.25, -0.2) is 0 Å². The number of nitrogens with zero attached hydrogens (tertiary/aromatic N) is 4. The number of aromatic nitrogens is 2. The molecule has 0 spiro atoms. The minimum Gasteiger partial charge on any atom is -0.396 e. The maximum absolute atomic E-state index is 6.67. The molecule has 0 N–H and O–H groups in total. The van der Waals surface area contributed by atoms with Crippen molar-refractivity contribution in [1.82, 2.24) is 8.96 Å². The van der Waals surface area contributed by atoms with Crippen LogP contribution < -0.4 is 0 Å². The molecule has 0 bridgehead atoms. The van der Waals surface area contributed by atoms with E-state index in [1.807, 2.05) is 27.2 Å². The summed E-state index contributed by atoms with van der Waals surface area (Å²) in [5.74, 6) is 0. The lowest BCUT2D eigenvalue weighted by Gasteiger charge is -2.08. The molecule has 0 unspecified atom stereocenters. The number of benzene rings is 4. The molecule has 4 radical (unpaired) electrons. The third-order valence-corrected chi connectivity index (χ3v) is 11.2. The normalized spacial score (nSPS) is 15.8. The Labute approximate surface area is 329 Å². The van der Waals surface area contributed by atoms with Crippen molar-refractivity contribution in [2.45, 2.75) is 75.2 Å². The van der Waals surface area contributed by atoms with Crippen molar-refractivity contribution in [3.8, 4) is 22.5 Å². The molecular weight excluding hydrogens is 666 g/mol. The zero-order chi connectivity index (χ0) is 39.1. The van der Waals surface area contributed by atoms with Gasteiger partial charge in [-0.1, -0.05) is 109 Å². The van der Waals surface area contributed by atoms with Gasteiger partial charge in [-0.05, 0) is 119 Å². The van der Waals surface area contributed by atoms with Crippen molar-refractivity contribution >= 4 is 61.1 Å². The highest BCUT2D eigenvalue weighted by atomic mass is 14.9. The molecule has 2 aliphatic heterocycles. The lowest BCUT2D eigenvalue weighted by molar-refractivity contribution is 1.15. The highest BCUT2D eigenvalue weighted by molar-refractivity contribution is 6.18. The maximum atomic E-state index is 6.67. The van der Waals surface area contributed by atoms with Crippen LogP contribution in [0.25, 0.3) is 56.2 Å². The standard InChI is InChI=1S/C25H25BN2.C24H23BN2/c1-6-20-17(4)23(27-18(20)5)14-24-22-13-16(3)9-12-21(22)25(28(24)26)19-10-7-15(2)8-11-19;1-5-19-16(3)22(26-17(19)4)14-23-21-13-15(2)11-12-20(21)24(27(23)25)18-9-7-6-8-10-18/h7-14H,6H2,1-5H3;6-14H,5H2,1-4H3/b23-14-;22-14-. The summed E-state index contributed by atoms with van der Waals surface area (Å²) in [6.45, 7) is 19.2. The highest BCUT2D eigenvalue weighted by Crippen LogP contribution is 2.39. The lowest BCUT2D eigenvalue weighted by Crippen LogP contribution is -1.98. The average molecular weight is 715 g/mol. The number of aryl methyl sites for hydroxylation is 3. The van der Waals surface area contributed by atoms with E-state index in [1.54, 1.807) is 0 Å². The molecule has 270 valence electrons. The van der Waals surface area contributed by atoms with Gasteiger partial charge in [-0.2, -0.15) is 0 Å². The summed E-state index contributed by atoms with van der Waals surface area (Å²) in [7, 11) is 13.3. The maximum Gasteiger partial charge on any atom is 0.234 e. The van der Waals surface area contributed by atoms with E-state index >= 15 is 0 Å². The summed E-state index contributed by atoms with van der Waals surface area (Å²) in [5, 5.41) is 4.66. The Morgan fingerprint density at radius 3 is 1.29 bits per heavy atom. The molecule has 0 saturated carbocycles. The summed E-state index contributed by atoms with van der Waals surface area (Å²) in [5.41, 5.74) is 19.4. The Kier molecular flexibility index (Phi) is 10.5. The molecule has 4 nitrogen and oxygen atoms in total. The minimum atomic E-state index is 0.996. The summed E-state index contributed by atoms with van der Waals surface area (Å²) in [4.78, 5) is 9.62. The fourth-order valence-electron chi connectivity index (χ4n) is 8.20. The van der Waals surface area contributed by atoms with Crippen LogP contribution in [0, 0.1) is 20.8 Å². The van der Waals surface area contributed by atoms with Crippen molar-refractivity contribution in [3.05, 3.63) is 153 Å². The van der Waals surface area contributed by atoms with Crippen molar-refractivity contribution < 1.29 is 0 Å². The Morgan fingerprint density at radius 2 is 0.891 bits per heavy atom. The largest absolute Gasteiger partial charge is 0.396 e. The third kappa shape index (κ3) is 6.95. The van der Waals surface area contributed by atoms with E-state index in [-0.39, 0.29) is 0 Å². The van der Waals surface area contributed by atoms with Crippen molar-refractivity contribution in [3.63, 3.8) is 0 Å². The third-order valence-electron chi connectivity index (χ3n) is 11.2. The highest BCUT2D eigenvalue weighted by Gasteiger charge is 2.21. The molecule has 8 rings (SSSR count). The van der Waals surface area contributed by atoms with Gasteiger partial charge in [0.15, 0.2) is 0 Å². The SMILES string of the molecule is [B]n1c(/C=C2\N=C(C)C(CC)=C2C)c2cc(C)ccc2c1-c1ccc(C)cc1.[B]n1c(/C=C2\N=C(C)C(CC)=C2C)c2cc(C)ccc2c1-c1ccccc1. The second-order valence-corrected chi connectivity index (χ2v) is 14.9. The van der Waals surface area contributed by atoms with E-state index in [1.165, 1.54) is 44.4 Å². The van der Waals surface area contributed by atoms with Crippen LogP contribution in [-0.2, 0) is 0 Å². The van der Waals surface area contributed by atoms with Gasteiger partial charge in [0, 0.05) is 55.7 Å². The minimum absolute atomic E-state index is 0.996. The molecule has 2 aromatic heterocycles. The second kappa shape index (κ2) is 15.3. The average Bonchev–Trinajstić information content (AvgIpc) is 3.81. The molecule has 0 aliphatic carbocycles. The van der Waals surface area contributed by atoms with E-state index in [9.17, 15) is 0 Å². The van der Waals surface area contributed by atoms with Crippen molar-refractivity contribution in [1.29, 1.82) is 0 Å².